The number of benzene rings is 2. The highest BCUT2D eigenvalue weighted by Crippen LogP contribution is 2.32. The zero-order valence-corrected chi connectivity index (χ0v) is 13.5. The Morgan fingerprint density at radius 1 is 0.857 bits per heavy atom. The van der Waals surface area contributed by atoms with E-state index in [4.69, 9.17) is 23.2 Å². The molecule has 4 heteroatoms. The van der Waals surface area contributed by atoms with E-state index in [-0.39, 0.29) is 0 Å². The molecule has 2 aromatic carbocycles. The van der Waals surface area contributed by atoms with Crippen LogP contribution in [0.4, 0.5) is 0 Å². The number of hydrogen-bond acceptors (Lipinski definition) is 2. The maximum absolute atomic E-state index is 6.33. The van der Waals surface area contributed by atoms with Crippen LogP contribution in [0.1, 0.15) is 16.7 Å². The van der Waals surface area contributed by atoms with Crippen LogP contribution in [0.3, 0.4) is 0 Å². The van der Waals surface area contributed by atoms with Crippen molar-refractivity contribution in [3.05, 3.63) is 57.2 Å². The second-order valence-corrected chi connectivity index (χ2v) is 6.07. The molecule has 0 aliphatic carbocycles. The van der Waals surface area contributed by atoms with Crippen LogP contribution in [-0.2, 0) is 0 Å². The summed E-state index contributed by atoms with van der Waals surface area (Å²) < 4.78 is 0. The van der Waals surface area contributed by atoms with Gasteiger partial charge in [0.25, 0.3) is 0 Å². The van der Waals surface area contributed by atoms with Gasteiger partial charge in [0.05, 0.1) is 15.9 Å². The molecule has 1 aromatic heterocycles. The predicted molar refractivity (Wildman–Crippen MR) is 89.2 cm³/mol. The fraction of sp³-hybridized carbons (Fsp3) is 0.176. The third-order valence-electron chi connectivity index (χ3n) is 3.44. The summed E-state index contributed by atoms with van der Waals surface area (Å²) >= 11 is 12.6. The SMILES string of the molecule is Cc1cc(C)cc(-c2nc(Cl)c3c(Cl)ccc(C)c3n2)c1. The molecule has 0 radical (unpaired) electrons. The molecule has 0 saturated heterocycles. The van der Waals surface area contributed by atoms with Crippen molar-refractivity contribution in [1.29, 1.82) is 0 Å². The topological polar surface area (TPSA) is 25.8 Å². The molecule has 0 amide bonds. The molecule has 106 valence electrons. The predicted octanol–water partition coefficient (Wildman–Crippen LogP) is 5.53. The summed E-state index contributed by atoms with van der Waals surface area (Å²) in [6.45, 7) is 6.11. The van der Waals surface area contributed by atoms with Crippen LogP contribution in [0.25, 0.3) is 22.3 Å². The van der Waals surface area contributed by atoms with Gasteiger partial charge in [0, 0.05) is 5.56 Å². The van der Waals surface area contributed by atoms with Crippen molar-refractivity contribution >= 4 is 34.1 Å². The minimum Gasteiger partial charge on any atom is -0.228 e. The second kappa shape index (κ2) is 5.28. The lowest BCUT2D eigenvalue weighted by molar-refractivity contribution is 1.21. The van der Waals surface area contributed by atoms with Crippen molar-refractivity contribution in [2.75, 3.05) is 0 Å². The second-order valence-electron chi connectivity index (χ2n) is 5.30. The van der Waals surface area contributed by atoms with Crippen molar-refractivity contribution < 1.29 is 0 Å². The quantitative estimate of drug-likeness (QED) is 0.552. The molecule has 1 heterocycles. The van der Waals surface area contributed by atoms with Gasteiger partial charge in [-0.3, -0.25) is 0 Å². The van der Waals surface area contributed by atoms with Gasteiger partial charge in [0.15, 0.2) is 5.82 Å². The Balaban J connectivity index is 2.32. The molecule has 3 aromatic rings. The molecule has 0 unspecified atom stereocenters. The van der Waals surface area contributed by atoms with E-state index in [1.165, 1.54) is 11.1 Å². The number of fused-ring (bicyclic) bond motifs is 1. The fourth-order valence-electron chi connectivity index (χ4n) is 2.52. The average Bonchev–Trinajstić information content (AvgIpc) is 2.41. The van der Waals surface area contributed by atoms with Crippen molar-refractivity contribution in [2.24, 2.45) is 0 Å². The lowest BCUT2D eigenvalue weighted by Crippen LogP contribution is -1.95. The smallest absolute Gasteiger partial charge is 0.161 e. The highest BCUT2D eigenvalue weighted by atomic mass is 35.5. The standard InChI is InChI=1S/C17H14Cl2N2/c1-9-6-10(2)8-12(7-9)17-20-15-11(3)4-5-13(18)14(15)16(19)21-17/h4-8H,1-3H3. The first-order valence-corrected chi connectivity index (χ1v) is 7.42. The zero-order chi connectivity index (χ0) is 15.1. The summed E-state index contributed by atoms with van der Waals surface area (Å²) in [6.07, 6.45) is 0. The van der Waals surface area contributed by atoms with E-state index in [1.807, 2.05) is 19.1 Å². The van der Waals surface area contributed by atoms with Gasteiger partial charge in [-0.05, 0) is 44.5 Å². The number of hydrogen-bond donors (Lipinski definition) is 0. The monoisotopic (exact) mass is 316 g/mol. The third-order valence-corrected chi connectivity index (χ3v) is 4.03. The molecule has 0 spiro atoms. The molecule has 3 rings (SSSR count). The molecule has 0 N–H and O–H groups in total. The molecule has 0 bridgehead atoms. The summed E-state index contributed by atoms with van der Waals surface area (Å²) in [7, 11) is 0. The summed E-state index contributed by atoms with van der Waals surface area (Å²) in [5.41, 5.74) is 5.15. The molecular formula is C17H14Cl2N2. The highest BCUT2D eigenvalue weighted by molar-refractivity contribution is 6.41. The Labute approximate surface area is 133 Å². The maximum atomic E-state index is 6.33. The first-order chi connectivity index (χ1) is 9.95. The number of aryl methyl sites for hydroxylation is 3. The molecule has 0 aliphatic heterocycles. The van der Waals surface area contributed by atoms with Gasteiger partial charge in [-0.15, -0.1) is 0 Å². The molecule has 0 saturated carbocycles. The van der Waals surface area contributed by atoms with Gasteiger partial charge in [-0.25, -0.2) is 9.97 Å². The minimum absolute atomic E-state index is 0.392. The molecule has 21 heavy (non-hydrogen) atoms. The summed E-state index contributed by atoms with van der Waals surface area (Å²) in [4.78, 5) is 9.09. The van der Waals surface area contributed by atoms with E-state index in [9.17, 15) is 0 Å². The number of rotatable bonds is 1. The van der Waals surface area contributed by atoms with Crippen LogP contribution in [0.2, 0.25) is 10.2 Å². The first-order valence-electron chi connectivity index (χ1n) is 6.67. The molecule has 0 atom stereocenters. The number of aromatic nitrogens is 2. The van der Waals surface area contributed by atoms with Gasteiger partial charge in [0.1, 0.15) is 5.15 Å². The Kier molecular flexibility index (Phi) is 3.60. The van der Waals surface area contributed by atoms with Gasteiger partial charge in [-0.2, -0.15) is 0 Å². The third kappa shape index (κ3) is 2.61. The largest absolute Gasteiger partial charge is 0.228 e. The van der Waals surface area contributed by atoms with E-state index >= 15 is 0 Å². The lowest BCUT2D eigenvalue weighted by atomic mass is 10.1. The Hall–Kier alpha value is -1.64. The van der Waals surface area contributed by atoms with E-state index in [0.717, 1.165) is 16.6 Å². The number of halogens is 2. The molecule has 0 fully saturated rings. The zero-order valence-electron chi connectivity index (χ0n) is 12.0. The molecular weight excluding hydrogens is 303 g/mol. The van der Waals surface area contributed by atoms with Gasteiger partial charge < -0.3 is 0 Å². The van der Waals surface area contributed by atoms with Crippen molar-refractivity contribution in [1.82, 2.24) is 9.97 Å². The van der Waals surface area contributed by atoms with Gasteiger partial charge in [0.2, 0.25) is 0 Å². The first kappa shape index (κ1) is 14.3. The lowest BCUT2D eigenvalue weighted by Gasteiger charge is -2.09. The van der Waals surface area contributed by atoms with Crippen LogP contribution in [0.5, 0.6) is 0 Å². The van der Waals surface area contributed by atoms with Crippen molar-refractivity contribution in [3.63, 3.8) is 0 Å². The summed E-state index contributed by atoms with van der Waals surface area (Å²) in [5, 5.41) is 1.68. The van der Waals surface area contributed by atoms with Crippen molar-refractivity contribution in [2.45, 2.75) is 20.8 Å². The average molecular weight is 317 g/mol. The van der Waals surface area contributed by atoms with Crippen LogP contribution in [0.15, 0.2) is 30.3 Å². The maximum Gasteiger partial charge on any atom is 0.161 e. The normalized spacial score (nSPS) is 11.1. The Bertz CT molecular complexity index is 837. The van der Waals surface area contributed by atoms with Crippen LogP contribution >= 0.6 is 23.2 Å². The summed E-state index contributed by atoms with van der Waals surface area (Å²) in [5.74, 6) is 0.629. The Morgan fingerprint density at radius 2 is 1.52 bits per heavy atom. The van der Waals surface area contributed by atoms with Crippen LogP contribution in [0, 0.1) is 20.8 Å². The van der Waals surface area contributed by atoms with E-state index < -0.39 is 0 Å². The van der Waals surface area contributed by atoms with Crippen LogP contribution < -0.4 is 0 Å². The number of nitrogens with zero attached hydrogens (tertiary/aromatic N) is 2. The summed E-state index contributed by atoms with van der Waals surface area (Å²) in [6, 6.07) is 10.0. The molecule has 0 aliphatic rings. The van der Waals surface area contributed by atoms with Crippen molar-refractivity contribution in [3.8, 4) is 11.4 Å². The van der Waals surface area contributed by atoms with Crippen LogP contribution in [-0.4, -0.2) is 9.97 Å². The van der Waals surface area contributed by atoms with Gasteiger partial charge in [-0.1, -0.05) is 46.5 Å². The van der Waals surface area contributed by atoms with E-state index in [1.54, 1.807) is 0 Å². The Morgan fingerprint density at radius 3 is 2.19 bits per heavy atom. The minimum atomic E-state index is 0.392. The van der Waals surface area contributed by atoms with E-state index in [2.05, 4.69) is 42.0 Å². The molecule has 2 nitrogen and oxygen atoms in total. The fourth-order valence-corrected chi connectivity index (χ4v) is 3.09. The van der Waals surface area contributed by atoms with Gasteiger partial charge >= 0.3 is 0 Å². The highest BCUT2D eigenvalue weighted by Gasteiger charge is 2.13. The van der Waals surface area contributed by atoms with E-state index in [0.29, 0.717) is 21.4 Å².